The smallest absolute Gasteiger partial charge is 0.0642 e. The van der Waals surface area contributed by atoms with E-state index in [0.29, 0.717) is 0 Å². The monoisotopic (exact) mass is 344 g/mol. The van der Waals surface area contributed by atoms with Gasteiger partial charge in [0.15, 0.2) is 0 Å². The summed E-state index contributed by atoms with van der Waals surface area (Å²) in [6, 6.07) is 6.15. The van der Waals surface area contributed by atoms with Gasteiger partial charge in [0.05, 0.1) is 10.7 Å². The summed E-state index contributed by atoms with van der Waals surface area (Å²) in [4.78, 5) is 4.95. The van der Waals surface area contributed by atoms with Gasteiger partial charge < -0.3 is 4.90 Å². The summed E-state index contributed by atoms with van der Waals surface area (Å²) in [6.07, 6.45) is 0. The summed E-state index contributed by atoms with van der Waals surface area (Å²) < 4.78 is 0. The fraction of sp³-hybridized carbons (Fsp3) is 0.600. The van der Waals surface area contributed by atoms with Crippen molar-refractivity contribution in [1.82, 2.24) is 4.90 Å². The Morgan fingerprint density at radius 1 is 1.16 bits per heavy atom. The van der Waals surface area contributed by atoms with Crippen molar-refractivity contribution < 1.29 is 0 Å². The summed E-state index contributed by atoms with van der Waals surface area (Å²) in [5.41, 5.74) is 2.73. The minimum Gasteiger partial charge on any atom is -0.368 e. The van der Waals surface area contributed by atoms with Gasteiger partial charge in [0, 0.05) is 37.0 Å². The normalized spacial score (nSPS) is 17.8. The quantitative estimate of drug-likeness (QED) is 0.743. The number of nitrogens with zero attached hydrogens (tertiary/aromatic N) is 2. The molecule has 0 saturated carbocycles. The van der Waals surface area contributed by atoms with E-state index in [4.69, 9.17) is 11.6 Å². The number of hydrogen-bond acceptors (Lipinski definition) is 2. The van der Waals surface area contributed by atoms with Crippen molar-refractivity contribution in [2.45, 2.75) is 31.6 Å². The molecule has 2 rings (SSSR count). The molecule has 2 nitrogen and oxygen atoms in total. The largest absolute Gasteiger partial charge is 0.368 e. The number of alkyl halides is 1. The first-order valence-corrected chi connectivity index (χ1v) is 8.27. The van der Waals surface area contributed by atoms with E-state index in [9.17, 15) is 0 Å². The van der Waals surface area contributed by atoms with Crippen molar-refractivity contribution in [3.63, 3.8) is 0 Å². The van der Waals surface area contributed by atoms with Gasteiger partial charge in [-0.1, -0.05) is 39.7 Å². The molecule has 0 spiro atoms. The molecule has 1 saturated heterocycles. The first-order chi connectivity index (χ1) is 8.93. The van der Waals surface area contributed by atoms with Crippen LogP contribution in [0.5, 0.6) is 0 Å². The predicted octanol–water partition coefficient (Wildman–Crippen LogP) is 4.16. The lowest BCUT2D eigenvalue weighted by Crippen LogP contribution is -2.53. The van der Waals surface area contributed by atoms with Crippen molar-refractivity contribution in [1.29, 1.82) is 0 Å². The Morgan fingerprint density at radius 3 is 2.32 bits per heavy atom. The average molecular weight is 346 g/mol. The fourth-order valence-corrected chi connectivity index (χ4v) is 3.39. The van der Waals surface area contributed by atoms with Crippen LogP contribution in [0.25, 0.3) is 0 Å². The summed E-state index contributed by atoms with van der Waals surface area (Å²) >= 11 is 9.95. The molecular weight excluding hydrogens is 324 g/mol. The molecule has 106 valence electrons. The van der Waals surface area contributed by atoms with Crippen LogP contribution in [0.2, 0.25) is 5.02 Å². The van der Waals surface area contributed by atoms with Crippen LogP contribution in [0.4, 0.5) is 5.69 Å². The number of piperazine rings is 1. The van der Waals surface area contributed by atoms with Crippen molar-refractivity contribution in [2.75, 3.05) is 31.1 Å². The molecule has 0 N–H and O–H groups in total. The van der Waals surface area contributed by atoms with E-state index in [2.05, 4.69) is 52.6 Å². The Labute approximate surface area is 129 Å². The average Bonchev–Trinajstić information content (AvgIpc) is 2.37. The molecule has 0 unspecified atom stereocenters. The maximum atomic E-state index is 6.39. The van der Waals surface area contributed by atoms with Crippen LogP contribution in [0.15, 0.2) is 18.2 Å². The van der Waals surface area contributed by atoms with E-state index in [1.807, 2.05) is 12.1 Å². The highest BCUT2D eigenvalue weighted by Crippen LogP contribution is 2.32. The second kappa shape index (κ2) is 6.02. The van der Waals surface area contributed by atoms with E-state index in [1.165, 1.54) is 11.3 Å². The van der Waals surface area contributed by atoms with Crippen molar-refractivity contribution in [3.05, 3.63) is 28.8 Å². The predicted molar refractivity (Wildman–Crippen MR) is 87.6 cm³/mol. The highest BCUT2D eigenvalue weighted by Gasteiger charge is 2.27. The molecule has 0 aliphatic carbocycles. The number of hydrogen-bond donors (Lipinski definition) is 0. The molecule has 19 heavy (non-hydrogen) atoms. The van der Waals surface area contributed by atoms with Gasteiger partial charge >= 0.3 is 0 Å². The molecule has 0 radical (unpaired) electrons. The number of halogens is 2. The van der Waals surface area contributed by atoms with Gasteiger partial charge in [0.25, 0.3) is 0 Å². The highest BCUT2D eigenvalue weighted by molar-refractivity contribution is 9.08. The lowest BCUT2D eigenvalue weighted by molar-refractivity contribution is 0.128. The lowest BCUT2D eigenvalue weighted by atomic mass is 10.0. The van der Waals surface area contributed by atoms with Crippen LogP contribution in [0.3, 0.4) is 0 Å². The topological polar surface area (TPSA) is 6.48 Å². The third-order valence-electron chi connectivity index (χ3n) is 3.76. The molecule has 0 atom stereocenters. The van der Waals surface area contributed by atoms with Crippen molar-refractivity contribution >= 4 is 33.2 Å². The van der Waals surface area contributed by atoms with Crippen LogP contribution in [0.1, 0.15) is 26.3 Å². The van der Waals surface area contributed by atoms with E-state index in [-0.39, 0.29) is 5.54 Å². The summed E-state index contributed by atoms with van der Waals surface area (Å²) in [7, 11) is 0. The van der Waals surface area contributed by atoms with Gasteiger partial charge in [-0.05, 0) is 32.4 Å². The standard InChI is InChI=1S/C15H22BrClN2/c1-15(2,3)19-9-7-18(8-10-19)14-12(11-16)5-4-6-13(14)17/h4-6H,7-11H2,1-3H3. The number of para-hydroxylation sites is 1. The maximum Gasteiger partial charge on any atom is 0.0642 e. The molecule has 0 bridgehead atoms. The Balaban J connectivity index is 2.14. The zero-order valence-corrected chi connectivity index (χ0v) is 14.3. The van der Waals surface area contributed by atoms with Gasteiger partial charge in [-0.3, -0.25) is 4.90 Å². The molecule has 1 heterocycles. The lowest BCUT2D eigenvalue weighted by Gasteiger charge is -2.43. The number of benzene rings is 1. The number of anilines is 1. The molecular formula is C15H22BrClN2. The summed E-state index contributed by atoms with van der Waals surface area (Å²) in [5.74, 6) is 0. The van der Waals surface area contributed by atoms with Crippen molar-refractivity contribution in [2.24, 2.45) is 0 Å². The summed E-state index contributed by atoms with van der Waals surface area (Å²) in [6.45, 7) is 11.1. The van der Waals surface area contributed by atoms with E-state index >= 15 is 0 Å². The highest BCUT2D eigenvalue weighted by atomic mass is 79.9. The van der Waals surface area contributed by atoms with Crippen LogP contribution < -0.4 is 4.90 Å². The molecule has 1 aromatic carbocycles. The molecule has 1 aliphatic rings. The Kier molecular flexibility index (Phi) is 4.80. The van der Waals surface area contributed by atoms with E-state index < -0.39 is 0 Å². The van der Waals surface area contributed by atoms with Crippen molar-refractivity contribution in [3.8, 4) is 0 Å². The molecule has 0 amide bonds. The molecule has 1 aliphatic heterocycles. The third kappa shape index (κ3) is 3.45. The molecule has 1 aromatic rings. The second-order valence-corrected chi connectivity index (χ2v) is 6.99. The van der Waals surface area contributed by atoms with E-state index in [1.54, 1.807) is 0 Å². The minimum atomic E-state index is 0.255. The number of rotatable bonds is 2. The fourth-order valence-electron chi connectivity index (χ4n) is 2.62. The third-order valence-corrected chi connectivity index (χ3v) is 4.67. The molecule has 4 heteroatoms. The minimum absolute atomic E-state index is 0.255. The zero-order valence-electron chi connectivity index (χ0n) is 11.9. The first kappa shape index (κ1) is 15.1. The van der Waals surface area contributed by atoms with Crippen LogP contribution in [0, 0.1) is 0 Å². The zero-order chi connectivity index (χ0) is 14.0. The molecule has 0 aromatic heterocycles. The Bertz CT molecular complexity index is 434. The first-order valence-electron chi connectivity index (χ1n) is 6.77. The van der Waals surface area contributed by atoms with Gasteiger partial charge in [-0.15, -0.1) is 0 Å². The van der Waals surface area contributed by atoms with Crippen LogP contribution in [-0.2, 0) is 5.33 Å². The van der Waals surface area contributed by atoms with Gasteiger partial charge in [-0.25, -0.2) is 0 Å². The maximum absolute atomic E-state index is 6.39. The van der Waals surface area contributed by atoms with E-state index in [0.717, 1.165) is 36.5 Å². The Morgan fingerprint density at radius 2 is 1.79 bits per heavy atom. The summed E-state index contributed by atoms with van der Waals surface area (Å²) in [5, 5.41) is 1.71. The van der Waals surface area contributed by atoms with Crippen LogP contribution in [-0.4, -0.2) is 36.6 Å². The Hall–Kier alpha value is -0.250. The van der Waals surface area contributed by atoms with Gasteiger partial charge in [0.2, 0.25) is 0 Å². The second-order valence-electron chi connectivity index (χ2n) is 6.03. The van der Waals surface area contributed by atoms with Crippen LogP contribution >= 0.6 is 27.5 Å². The van der Waals surface area contributed by atoms with Gasteiger partial charge in [-0.2, -0.15) is 0 Å². The van der Waals surface area contributed by atoms with Gasteiger partial charge in [0.1, 0.15) is 0 Å². The molecule has 1 fully saturated rings. The SMILES string of the molecule is CC(C)(C)N1CCN(c2c(Cl)cccc2CBr)CC1.